The zero-order valence-corrected chi connectivity index (χ0v) is 10.3. The predicted molar refractivity (Wildman–Crippen MR) is 72.6 cm³/mol. The first kappa shape index (κ1) is 11.4. The van der Waals surface area contributed by atoms with Gasteiger partial charge in [-0.15, -0.1) is 0 Å². The number of aromatic nitrogens is 3. The average molecular weight is 252 g/mol. The Balaban J connectivity index is 2.35. The molecule has 0 aliphatic rings. The lowest BCUT2D eigenvalue weighted by Gasteiger charge is -2.07. The maximum atomic E-state index is 11.4. The number of hydrogen-bond acceptors (Lipinski definition) is 3. The molecular weight excluding hydrogens is 240 g/mol. The normalized spacial score (nSPS) is 10.8. The van der Waals surface area contributed by atoms with E-state index in [1.165, 1.54) is 5.56 Å². The number of H-pyrrole nitrogens is 1. The standard InChI is InChI=1S/C14H12N4O/c1-8-6-7-11(10-5-3-2-4-9(8)10)12-13(14(15)19)17-18-16-12/h2-7H,1H3,(H2,15,19)(H,16,17,18). The van der Waals surface area contributed by atoms with E-state index in [9.17, 15) is 4.79 Å². The van der Waals surface area contributed by atoms with E-state index in [0.29, 0.717) is 5.69 Å². The molecule has 1 aromatic heterocycles. The van der Waals surface area contributed by atoms with Gasteiger partial charge in [0.05, 0.1) is 0 Å². The van der Waals surface area contributed by atoms with E-state index in [1.54, 1.807) is 0 Å². The minimum absolute atomic E-state index is 0.161. The smallest absolute Gasteiger partial charge is 0.271 e. The summed E-state index contributed by atoms with van der Waals surface area (Å²) in [5, 5.41) is 12.5. The summed E-state index contributed by atoms with van der Waals surface area (Å²) in [6.07, 6.45) is 0. The first-order valence-corrected chi connectivity index (χ1v) is 5.88. The highest BCUT2D eigenvalue weighted by molar-refractivity contribution is 6.03. The molecule has 3 rings (SSSR count). The maximum Gasteiger partial charge on any atom is 0.271 e. The molecule has 0 aliphatic heterocycles. The van der Waals surface area contributed by atoms with E-state index < -0.39 is 5.91 Å². The molecular formula is C14H12N4O. The van der Waals surface area contributed by atoms with Gasteiger partial charge in [0, 0.05) is 5.56 Å². The number of nitrogens with zero attached hydrogens (tertiary/aromatic N) is 2. The lowest BCUT2D eigenvalue weighted by molar-refractivity contribution is 0.0996. The van der Waals surface area contributed by atoms with Gasteiger partial charge in [0.1, 0.15) is 5.69 Å². The molecule has 0 unspecified atom stereocenters. The maximum absolute atomic E-state index is 11.4. The van der Waals surface area contributed by atoms with Crippen molar-refractivity contribution in [3.05, 3.63) is 47.7 Å². The molecule has 0 atom stereocenters. The van der Waals surface area contributed by atoms with Gasteiger partial charge in [0.2, 0.25) is 0 Å². The molecule has 0 saturated carbocycles. The number of carbonyl (C=O) groups is 1. The molecule has 3 aromatic rings. The number of benzene rings is 2. The van der Waals surface area contributed by atoms with E-state index >= 15 is 0 Å². The predicted octanol–water partition coefficient (Wildman–Crippen LogP) is 2.03. The number of nitrogens with two attached hydrogens (primary N) is 1. The average Bonchev–Trinajstić information content (AvgIpc) is 2.89. The Morgan fingerprint density at radius 1 is 1.11 bits per heavy atom. The summed E-state index contributed by atoms with van der Waals surface area (Å²) in [4.78, 5) is 11.4. The van der Waals surface area contributed by atoms with E-state index in [0.717, 1.165) is 16.3 Å². The minimum Gasteiger partial charge on any atom is -0.364 e. The van der Waals surface area contributed by atoms with E-state index in [2.05, 4.69) is 15.4 Å². The first-order chi connectivity index (χ1) is 9.18. The lowest BCUT2D eigenvalue weighted by atomic mass is 9.97. The largest absolute Gasteiger partial charge is 0.364 e. The molecule has 0 aliphatic carbocycles. The van der Waals surface area contributed by atoms with Crippen molar-refractivity contribution in [2.75, 3.05) is 0 Å². The van der Waals surface area contributed by atoms with Crippen molar-refractivity contribution >= 4 is 16.7 Å². The van der Waals surface area contributed by atoms with Gasteiger partial charge in [0.15, 0.2) is 5.69 Å². The number of nitrogens with one attached hydrogen (secondary N) is 1. The molecule has 3 N–H and O–H groups in total. The van der Waals surface area contributed by atoms with Crippen LogP contribution in [0.1, 0.15) is 16.1 Å². The Kier molecular flexibility index (Phi) is 2.52. The highest BCUT2D eigenvalue weighted by atomic mass is 16.1. The molecule has 5 heteroatoms. The van der Waals surface area contributed by atoms with Gasteiger partial charge in [-0.25, -0.2) is 0 Å². The Labute approximate surface area is 109 Å². The van der Waals surface area contributed by atoms with Crippen molar-refractivity contribution in [2.24, 2.45) is 5.73 Å². The van der Waals surface area contributed by atoms with Gasteiger partial charge in [-0.1, -0.05) is 36.4 Å². The van der Waals surface area contributed by atoms with Gasteiger partial charge in [-0.05, 0) is 23.3 Å². The van der Waals surface area contributed by atoms with Gasteiger partial charge < -0.3 is 5.73 Å². The lowest BCUT2D eigenvalue weighted by Crippen LogP contribution is -2.12. The Morgan fingerprint density at radius 3 is 2.58 bits per heavy atom. The summed E-state index contributed by atoms with van der Waals surface area (Å²) in [5.41, 5.74) is 7.98. The van der Waals surface area contributed by atoms with Crippen LogP contribution in [0.25, 0.3) is 22.0 Å². The first-order valence-electron chi connectivity index (χ1n) is 5.88. The molecule has 2 aromatic carbocycles. The molecule has 5 nitrogen and oxygen atoms in total. The third-order valence-electron chi connectivity index (χ3n) is 3.18. The van der Waals surface area contributed by atoms with Crippen LogP contribution in [0.3, 0.4) is 0 Å². The van der Waals surface area contributed by atoms with E-state index in [-0.39, 0.29) is 5.69 Å². The van der Waals surface area contributed by atoms with Crippen molar-refractivity contribution in [1.29, 1.82) is 0 Å². The quantitative estimate of drug-likeness (QED) is 0.731. The number of carbonyl (C=O) groups excluding carboxylic acids is 1. The number of fused-ring (bicyclic) bond motifs is 1. The molecule has 0 radical (unpaired) electrons. The van der Waals surface area contributed by atoms with Crippen molar-refractivity contribution in [1.82, 2.24) is 15.4 Å². The molecule has 0 bridgehead atoms. The van der Waals surface area contributed by atoms with Gasteiger partial charge in [0.25, 0.3) is 5.91 Å². The molecule has 0 fully saturated rings. The van der Waals surface area contributed by atoms with Crippen LogP contribution >= 0.6 is 0 Å². The Bertz CT molecular complexity index is 776. The number of aryl methyl sites for hydroxylation is 1. The number of rotatable bonds is 2. The van der Waals surface area contributed by atoms with Crippen LogP contribution in [-0.4, -0.2) is 21.3 Å². The summed E-state index contributed by atoms with van der Waals surface area (Å²) < 4.78 is 0. The third-order valence-corrected chi connectivity index (χ3v) is 3.18. The Hall–Kier alpha value is -2.69. The molecule has 0 saturated heterocycles. The second kappa shape index (κ2) is 4.20. The highest BCUT2D eigenvalue weighted by Crippen LogP contribution is 2.30. The van der Waals surface area contributed by atoms with Gasteiger partial charge in [-0.2, -0.15) is 15.4 Å². The summed E-state index contributed by atoms with van der Waals surface area (Å²) in [6.45, 7) is 2.05. The van der Waals surface area contributed by atoms with Gasteiger partial charge in [-0.3, -0.25) is 4.79 Å². The van der Waals surface area contributed by atoms with E-state index in [4.69, 9.17) is 5.73 Å². The van der Waals surface area contributed by atoms with Crippen LogP contribution in [0, 0.1) is 6.92 Å². The van der Waals surface area contributed by atoms with Crippen molar-refractivity contribution in [3.63, 3.8) is 0 Å². The van der Waals surface area contributed by atoms with E-state index in [1.807, 2.05) is 43.3 Å². The van der Waals surface area contributed by atoms with Gasteiger partial charge >= 0.3 is 0 Å². The number of amides is 1. The van der Waals surface area contributed by atoms with Crippen LogP contribution in [-0.2, 0) is 0 Å². The molecule has 0 spiro atoms. The fourth-order valence-electron chi connectivity index (χ4n) is 2.25. The van der Waals surface area contributed by atoms with Crippen LogP contribution in [0.2, 0.25) is 0 Å². The van der Waals surface area contributed by atoms with Crippen LogP contribution in [0.4, 0.5) is 0 Å². The highest BCUT2D eigenvalue weighted by Gasteiger charge is 2.17. The van der Waals surface area contributed by atoms with Crippen LogP contribution < -0.4 is 5.73 Å². The number of hydrogen-bond donors (Lipinski definition) is 2. The summed E-state index contributed by atoms with van der Waals surface area (Å²) >= 11 is 0. The second-order valence-electron chi connectivity index (χ2n) is 4.36. The molecule has 1 heterocycles. The number of aromatic amines is 1. The fraction of sp³-hybridized carbons (Fsp3) is 0.0714. The SMILES string of the molecule is Cc1ccc(-c2n[nH]nc2C(N)=O)c2ccccc12. The fourth-order valence-corrected chi connectivity index (χ4v) is 2.25. The minimum atomic E-state index is -0.589. The number of primary amides is 1. The van der Waals surface area contributed by atoms with Crippen molar-refractivity contribution in [2.45, 2.75) is 6.92 Å². The van der Waals surface area contributed by atoms with Crippen LogP contribution in [0.5, 0.6) is 0 Å². The van der Waals surface area contributed by atoms with Crippen LogP contribution in [0.15, 0.2) is 36.4 Å². The Morgan fingerprint density at radius 2 is 1.84 bits per heavy atom. The molecule has 94 valence electrons. The summed E-state index contributed by atoms with van der Waals surface area (Å²) in [6, 6.07) is 11.9. The molecule has 1 amide bonds. The van der Waals surface area contributed by atoms with Crippen molar-refractivity contribution in [3.8, 4) is 11.3 Å². The monoisotopic (exact) mass is 252 g/mol. The molecule has 19 heavy (non-hydrogen) atoms. The zero-order chi connectivity index (χ0) is 13.4. The zero-order valence-electron chi connectivity index (χ0n) is 10.3. The third kappa shape index (κ3) is 1.76. The van der Waals surface area contributed by atoms with Crippen molar-refractivity contribution < 1.29 is 4.79 Å². The second-order valence-corrected chi connectivity index (χ2v) is 4.36. The summed E-state index contributed by atoms with van der Waals surface area (Å²) in [7, 11) is 0. The topological polar surface area (TPSA) is 84.7 Å². The summed E-state index contributed by atoms with van der Waals surface area (Å²) in [5.74, 6) is -0.589.